The van der Waals surface area contributed by atoms with E-state index in [4.69, 9.17) is 15.9 Å². The van der Waals surface area contributed by atoms with E-state index >= 15 is 0 Å². The normalized spacial score (nSPS) is 24.4. The zero-order chi connectivity index (χ0) is 13.6. The van der Waals surface area contributed by atoms with Crippen LogP contribution < -0.4 is 0 Å². The van der Waals surface area contributed by atoms with Crippen molar-refractivity contribution in [1.29, 1.82) is 0 Å². The van der Waals surface area contributed by atoms with Gasteiger partial charge in [-0.3, -0.25) is 4.90 Å². The molecule has 0 spiro atoms. The molecular formula is C15H26ClNO3. The molecule has 116 valence electrons. The Morgan fingerprint density at radius 3 is 2.50 bits per heavy atom. The van der Waals surface area contributed by atoms with Crippen LogP contribution in [0.25, 0.3) is 0 Å². The summed E-state index contributed by atoms with van der Waals surface area (Å²) >= 11 is 0. The van der Waals surface area contributed by atoms with E-state index in [-0.39, 0.29) is 12.4 Å². The van der Waals surface area contributed by atoms with Gasteiger partial charge in [0, 0.05) is 19.6 Å². The lowest BCUT2D eigenvalue weighted by Crippen LogP contribution is -2.44. The summed E-state index contributed by atoms with van der Waals surface area (Å²) in [6, 6.07) is 0. The van der Waals surface area contributed by atoms with Crippen molar-refractivity contribution in [2.75, 3.05) is 39.5 Å². The number of rotatable bonds is 5. The zero-order valence-corrected chi connectivity index (χ0v) is 12.9. The van der Waals surface area contributed by atoms with Crippen LogP contribution in [0.5, 0.6) is 0 Å². The van der Waals surface area contributed by atoms with Crippen LogP contribution in [0, 0.1) is 12.3 Å². The monoisotopic (exact) mass is 303 g/mol. The van der Waals surface area contributed by atoms with Gasteiger partial charge >= 0.3 is 0 Å². The molecule has 1 N–H and O–H groups in total. The lowest BCUT2D eigenvalue weighted by Gasteiger charge is -2.34. The van der Waals surface area contributed by atoms with Gasteiger partial charge in [-0.15, -0.1) is 18.8 Å². The first kappa shape index (κ1) is 17.7. The van der Waals surface area contributed by atoms with Gasteiger partial charge in [-0.2, -0.15) is 0 Å². The maximum absolute atomic E-state index is 10.1. The summed E-state index contributed by atoms with van der Waals surface area (Å²) in [7, 11) is 0. The van der Waals surface area contributed by atoms with Gasteiger partial charge in [-0.25, -0.2) is 0 Å². The van der Waals surface area contributed by atoms with Crippen LogP contribution in [-0.2, 0) is 9.47 Å². The van der Waals surface area contributed by atoms with Gasteiger partial charge in [0.1, 0.15) is 5.60 Å². The predicted octanol–water partition coefficient (Wildman–Crippen LogP) is 1.45. The van der Waals surface area contributed by atoms with E-state index in [2.05, 4.69) is 10.8 Å². The molecule has 20 heavy (non-hydrogen) atoms. The van der Waals surface area contributed by atoms with Gasteiger partial charge < -0.3 is 14.6 Å². The van der Waals surface area contributed by atoms with Gasteiger partial charge in [0.25, 0.3) is 0 Å². The zero-order valence-electron chi connectivity index (χ0n) is 12.1. The second-order valence-electron chi connectivity index (χ2n) is 5.58. The van der Waals surface area contributed by atoms with Crippen LogP contribution in [0.1, 0.15) is 32.1 Å². The molecule has 1 unspecified atom stereocenters. The number of terminal acetylenes is 1. The minimum absolute atomic E-state index is 0. The molecule has 0 aromatic rings. The van der Waals surface area contributed by atoms with E-state index in [1.54, 1.807) is 0 Å². The van der Waals surface area contributed by atoms with Gasteiger partial charge in [-0.05, 0) is 25.7 Å². The summed E-state index contributed by atoms with van der Waals surface area (Å²) < 4.78 is 11.2. The smallest absolute Gasteiger partial charge is 0.128 e. The van der Waals surface area contributed by atoms with Gasteiger partial charge in [0.05, 0.1) is 25.9 Å². The molecule has 0 bridgehead atoms. The molecule has 1 saturated heterocycles. The topological polar surface area (TPSA) is 41.9 Å². The highest BCUT2D eigenvalue weighted by molar-refractivity contribution is 5.85. The first-order chi connectivity index (χ1) is 9.24. The van der Waals surface area contributed by atoms with Crippen molar-refractivity contribution in [2.45, 2.75) is 43.8 Å². The second kappa shape index (κ2) is 8.86. The number of β-amino-alcohol motifs (C(OH)–C–C–N with tert-alkyl or cyclic N) is 1. The van der Waals surface area contributed by atoms with Crippen LogP contribution in [0.4, 0.5) is 0 Å². The molecule has 0 radical (unpaired) electrons. The van der Waals surface area contributed by atoms with Crippen molar-refractivity contribution in [3.63, 3.8) is 0 Å². The van der Waals surface area contributed by atoms with Gasteiger partial charge in [0.15, 0.2) is 0 Å². The third-order valence-corrected chi connectivity index (χ3v) is 4.05. The highest BCUT2D eigenvalue weighted by Crippen LogP contribution is 2.31. The number of hydrogen-bond donors (Lipinski definition) is 1. The quantitative estimate of drug-likeness (QED) is 0.781. The molecule has 5 heteroatoms. The number of hydrogen-bond acceptors (Lipinski definition) is 4. The van der Waals surface area contributed by atoms with Crippen molar-refractivity contribution in [3.05, 3.63) is 0 Å². The Bertz CT molecular complexity index is 307. The molecule has 1 aliphatic carbocycles. The Morgan fingerprint density at radius 2 is 1.90 bits per heavy atom. The van der Waals surface area contributed by atoms with Crippen molar-refractivity contribution >= 4 is 12.4 Å². The number of ether oxygens (including phenoxy) is 2. The van der Waals surface area contributed by atoms with Crippen LogP contribution in [-0.4, -0.2) is 61.2 Å². The minimum Gasteiger partial charge on any atom is -0.389 e. The van der Waals surface area contributed by atoms with Crippen molar-refractivity contribution in [1.82, 2.24) is 4.90 Å². The Balaban J connectivity index is 0.00000200. The average Bonchev–Trinajstić information content (AvgIpc) is 2.47. The van der Waals surface area contributed by atoms with Crippen LogP contribution in [0.3, 0.4) is 0 Å². The largest absolute Gasteiger partial charge is 0.389 e. The fourth-order valence-electron chi connectivity index (χ4n) is 2.84. The Hall–Kier alpha value is -0.310. The third kappa shape index (κ3) is 5.23. The molecule has 0 aromatic carbocycles. The predicted molar refractivity (Wildman–Crippen MR) is 81.1 cm³/mol. The van der Waals surface area contributed by atoms with Crippen molar-refractivity contribution in [2.24, 2.45) is 0 Å². The highest BCUT2D eigenvalue weighted by atomic mass is 35.5. The summed E-state index contributed by atoms with van der Waals surface area (Å²) in [6.45, 7) is 4.25. The number of aliphatic hydroxyl groups is 1. The van der Waals surface area contributed by atoms with Crippen LogP contribution in [0.2, 0.25) is 0 Å². The van der Waals surface area contributed by atoms with E-state index in [1.807, 2.05) is 0 Å². The molecule has 1 saturated carbocycles. The Kier molecular flexibility index (Phi) is 7.86. The molecule has 2 aliphatic rings. The lowest BCUT2D eigenvalue weighted by atomic mass is 9.85. The van der Waals surface area contributed by atoms with Crippen molar-refractivity contribution < 1.29 is 14.6 Å². The molecule has 2 fully saturated rings. The number of halogens is 1. The molecule has 1 atom stereocenters. The van der Waals surface area contributed by atoms with E-state index in [0.717, 1.165) is 52.0 Å². The summed E-state index contributed by atoms with van der Waals surface area (Å²) in [4.78, 5) is 2.21. The summed E-state index contributed by atoms with van der Waals surface area (Å²) in [5.41, 5.74) is -0.426. The van der Waals surface area contributed by atoms with E-state index in [0.29, 0.717) is 13.2 Å². The van der Waals surface area contributed by atoms with Crippen molar-refractivity contribution in [3.8, 4) is 12.3 Å². The molecule has 1 heterocycles. The fraction of sp³-hybridized carbons (Fsp3) is 0.867. The molecule has 0 aromatic heterocycles. The molecule has 1 aliphatic heterocycles. The van der Waals surface area contributed by atoms with Crippen LogP contribution >= 0.6 is 12.4 Å². The molecule has 0 amide bonds. The van der Waals surface area contributed by atoms with E-state index in [1.165, 1.54) is 6.42 Å². The molecule has 4 nitrogen and oxygen atoms in total. The number of morpholine rings is 1. The average molecular weight is 304 g/mol. The molecule has 2 rings (SSSR count). The minimum atomic E-state index is -0.467. The van der Waals surface area contributed by atoms with Crippen LogP contribution in [0.15, 0.2) is 0 Å². The Labute approximate surface area is 128 Å². The van der Waals surface area contributed by atoms with E-state index in [9.17, 15) is 5.11 Å². The fourth-order valence-corrected chi connectivity index (χ4v) is 2.84. The van der Waals surface area contributed by atoms with Gasteiger partial charge in [0.2, 0.25) is 0 Å². The standard InChI is InChI=1S/C15H25NO3.ClH/c1-2-15(6-4-3-5-7-15)19-13-14(17)12-16-8-10-18-11-9-16;/h1,14,17H,3-13H2;1H. The first-order valence-corrected chi connectivity index (χ1v) is 7.34. The maximum atomic E-state index is 10.1. The first-order valence-electron chi connectivity index (χ1n) is 7.34. The van der Waals surface area contributed by atoms with Gasteiger partial charge in [-0.1, -0.05) is 12.3 Å². The summed E-state index contributed by atoms with van der Waals surface area (Å²) in [6.07, 6.45) is 10.5. The number of nitrogens with zero attached hydrogens (tertiary/aromatic N) is 1. The Morgan fingerprint density at radius 1 is 1.25 bits per heavy atom. The summed E-state index contributed by atoms with van der Waals surface area (Å²) in [5, 5.41) is 10.1. The number of aliphatic hydroxyl groups excluding tert-OH is 1. The summed E-state index contributed by atoms with van der Waals surface area (Å²) in [5.74, 6) is 2.81. The SMILES string of the molecule is C#CC1(OCC(O)CN2CCOCC2)CCCCC1.Cl. The highest BCUT2D eigenvalue weighted by Gasteiger charge is 2.31. The lowest BCUT2D eigenvalue weighted by molar-refractivity contribution is -0.0749. The molecular weight excluding hydrogens is 278 g/mol. The second-order valence-corrected chi connectivity index (χ2v) is 5.58. The third-order valence-electron chi connectivity index (χ3n) is 4.05. The maximum Gasteiger partial charge on any atom is 0.128 e. The van der Waals surface area contributed by atoms with E-state index < -0.39 is 11.7 Å².